The minimum Gasteiger partial charge on any atom is -0.394 e. The van der Waals surface area contributed by atoms with Crippen molar-refractivity contribution in [1.29, 1.82) is 0 Å². The Labute approximate surface area is 269 Å². The number of aliphatic hydroxyl groups is 6. The van der Waals surface area contributed by atoms with Gasteiger partial charge in [-0.15, -0.1) is 0 Å². The lowest BCUT2D eigenvalue weighted by Gasteiger charge is -2.64. The molecule has 0 aromatic rings. The van der Waals surface area contributed by atoms with Crippen LogP contribution in [0.5, 0.6) is 0 Å². The highest BCUT2D eigenvalue weighted by Gasteiger charge is 2.70. The van der Waals surface area contributed by atoms with Gasteiger partial charge in [0.05, 0.1) is 24.4 Å². The zero-order chi connectivity index (χ0) is 33.5. The summed E-state index contributed by atoms with van der Waals surface area (Å²) in [6.45, 7) is 16.2. The van der Waals surface area contributed by atoms with Crippen LogP contribution in [0.15, 0.2) is 11.6 Å². The monoisotopic (exact) mass is 636 g/mol. The third-order valence-corrected chi connectivity index (χ3v) is 14.2. The molecule has 1 aliphatic heterocycles. The first kappa shape index (κ1) is 35.4. The number of ketones is 1. The predicted molar refractivity (Wildman–Crippen MR) is 169 cm³/mol. The molecule has 6 N–H and O–H groups in total. The molecule has 0 aromatic carbocycles. The summed E-state index contributed by atoms with van der Waals surface area (Å²) in [5, 5.41) is 62.5. The van der Waals surface area contributed by atoms with Gasteiger partial charge in [0.2, 0.25) is 0 Å². The van der Waals surface area contributed by atoms with Crippen LogP contribution in [0.25, 0.3) is 0 Å². The molecule has 4 fully saturated rings. The molecule has 0 bridgehead atoms. The van der Waals surface area contributed by atoms with E-state index in [4.69, 9.17) is 9.47 Å². The van der Waals surface area contributed by atoms with Gasteiger partial charge in [-0.2, -0.15) is 0 Å². The highest BCUT2D eigenvalue weighted by atomic mass is 16.7. The maximum Gasteiger partial charge on any atom is 0.187 e. The Morgan fingerprint density at radius 3 is 2.27 bits per heavy atom. The molecule has 258 valence electrons. The summed E-state index contributed by atoms with van der Waals surface area (Å²) in [6.07, 6.45) is 0.549. The lowest BCUT2D eigenvalue weighted by Crippen LogP contribution is -2.63. The van der Waals surface area contributed by atoms with Crippen LogP contribution >= 0.6 is 0 Å². The van der Waals surface area contributed by atoms with Gasteiger partial charge in [0.1, 0.15) is 30.2 Å². The number of rotatable bonds is 8. The Hall–Kier alpha value is -0.910. The van der Waals surface area contributed by atoms with Gasteiger partial charge in [0.15, 0.2) is 6.29 Å². The van der Waals surface area contributed by atoms with Crippen LogP contribution in [-0.4, -0.2) is 91.5 Å². The molecular weight excluding hydrogens is 576 g/mol. The molecule has 4 aliphatic carbocycles. The molecule has 1 heterocycles. The smallest absolute Gasteiger partial charge is 0.187 e. The van der Waals surface area contributed by atoms with Gasteiger partial charge < -0.3 is 40.1 Å². The fourth-order valence-electron chi connectivity index (χ4n) is 10.9. The van der Waals surface area contributed by atoms with E-state index in [2.05, 4.69) is 47.6 Å². The van der Waals surface area contributed by atoms with Gasteiger partial charge in [-0.3, -0.25) is 4.79 Å². The van der Waals surface area contributed by atoms with Crippen molar-refractivity contribution in [2.75, 3.05) is 6.61 Å². The quantitative estimate of drug-likeness (QED) is 0.220. The van der Waals surface area contributed by atoms with Crippen LogP contribution in [0, 0.1) is 45.3 Å². The van der Waals surface area contributed by atoms with E-state index in [1.165, 1.54) is 5.57 Å². The third kappa shape index (κ3) is 5.40. The number of Topliss-reactive ketones (excluding diaryl/α,β-unsaturated/α-hetero) is 1. The normalized spacial score (nSPS) is 47.7. The summed E-state index contributed by atoms with van der Waals surface area (Å²) in [6, 6.07) is 0. The van der Waals surface area contributed by atoms with Crippen LogP contribution in [0.4, 0.5) is 0 Å². The van der Waals surface area contributed by atoms with Gasteiger partial charge in [0, 0.05) is 17.3 Å². The van der Waals surface area contributed by atoms with Crippen LogP contribution in [0.3, 0.4) is 0 Å². The predicted octanol–water partition coefficient (Wildman–Crippen LogP) is 3.50. The maximum absolute atomic E-state index is 14.5. The minimum atomic E-state index is -1.55. The molecule has 3 saturated carbocycles. The van der Waals surface area contributed by atoms with E-state index in [1.807, 2.05) is 0 Å². The van der Waals surface area contributed by atoms with E-state index in [-0.39, 0.29) is 40.1 Å². The van der Waals surface area contributed by atoms with Crippen molar-refractivity contribution in [3.63, 3.8) is 0 Å². The molecule has 5 unspecified atom stereocenters. The number of allylic oxidation sites excluding steroid dienone is 1. The van der Waals surface area contributed by atoms with Crippen molar-refractivity contribution in [2.45, 2.75) is 155 Å². The second-order valence-electron chi connectivity index (χ2n) is 17.2. The van der Waals surface area contributed by atoms with Crippen LogP contribution in [-0.2, 0) is 14.3 Å². The van der Waals surface area contributed by atoms with Gasteiger partial charge in [0.25, 0.3) is 0 Å². The number of carbonyl (C=O) groups excluding carboxylic acids is 1. The average molecular weight is 637 g/mol. The Balaban J connectivity index is 1.33. The number of hydrogen-bond acceptors (Lipinski definition) is 9. The van der Waals surface area contributed by atoms with E-state index in [1.54, 1.807) is 13.8 Å². The van der Waals surface area contributed by atoms with Crippen LogP contribution < -0.4 is 0 Å². The van der Waals surface area contributed by atoms with Crippen molar-refractivity contribution in [2.24, 2.45) is 45.3 Å². The third-order valence-electron chi connectivity index (χ3n) is 14.2. The summed E-state index contributed by atoms with van der Waals surface area (Å²) in [4.78, 5) is 14.5. The summed E-state index contributed by atoms with van der Waals surface area (Å²) < 4.78 is 11.7. The highest BCUT2D eigenvalue weighted by Crippen LogP contribution is 2.74. The van der Waals surface area contributed by atoms with Crippen molar-refractivity contribution < 1.29 is 44.9 Å². The Bertz CT molecular complexity index is 1140. The second kappa shape index (κ2) is 11.9. The SMILES string of the molecule is CC(CC[C@@H](O[C@@H]1O[C@H](CO)[C@@H](O)[C@H](O)[C@H]1O)C(C)(C)O)C1CC[C@@]2(C)C3CC=C4C(CC[C@H](O)C4(C)C)[C@]3(C)C(=O)CC12C. The van der Waals surface area contributed by atoms with Gasteiger partial charge in [-0.05, 0) is 93.3 Å². The first-order valence-corrected chi connectivity index (χ1v) is 17.3. The molecular formula is C36H60O9. The van der Waals surface area contributed by atoms with E-state index < -0.39 is 54.4 Å². The Morgan fingerprint density at radius 2 is 1.64 bits per heavy atom. The Morgan fingerprint density at radius 1 is 0.978 bits per heavy atom. The minimum absolute atomic E-state index is 0.0146. The van der Waals surface area contributed by atoms with E-state index in [9.17, 15) is 35.4 Å². The molecule has 9 nitrogen and oxygen atoms in total. The van der Waals surface area contributed by atoms with Gasteiger partial charge in [-0.25, -0.2) is 0 Å². The molecule has 0 amide bonds. The number of hydrogen-bond donors (Lipinski definition) is 6. The molecule has 5 rings (SSSR count). The van der Waals surface area contributed by atoms with Crippen LogP contribution in [0.1, 0.15) is 107 Å². The van der Waals surface area contributed by atoms with Gasteiger partial charge in [-0.1, -0.05) is 53.2 Å². The summed E-state index contributed by atoms with van der Waals surface area (Å²) >= 11 is 0. The maximum atomic E-state index is 14.5. The van der Waals surface area contributed by atoms with E-state index in [0.29, 0.717) is 24.5 Å². The van der Waals surface area contributed by atoms with E-state index in [0.717, 1.165) is 38.5 Å². The second-order valence-corrected chi connectivity index (χ2v) is 17.2. The topological polar surface area (TPSA) is 157 Å². The number of fused-ring (bicyclic) bond motifs is 5. The lowest BCUT2D eigenvalue weighted by molar-refractivity contribution is -0.322. The summed E-state index contributed by atoms with van der Waals surface area (Å²) in [5.74, 6) is 1.32. The summed E-state index contributed by atoms with van der Waals surface area (Å²) in [5.41, 5.74) is -0.951. The van der Waals surface area contributed by atoms with Crippen molar-refractivity contribution in [1.82, 2.24) is 0 Å². The largest absolute Gasteiger partial charge is 0.394 e. The average Bonchev–Trinajstić information content (AvgIpc) is 3.22. The van der Waals surface area contributed by atoms with Gasteiger partial charge >= 0.3 is 0 Å². The molecule has 9 heteroatoms. The summed E-state index contributed by atoms with van der Waals surface area (Å²) in [7, 11) is 0. The standard InChI is InChI=1S/C36H60O9/c1-19(9-14-27(33(4,5)43)45-31-30(42)29(41)28(40)23(18-37)44-31)20-15-16-34(6)24-12-10-21-22(11-13-25(38)32(21,2)3)36(24,8)26(39)17-35(20,34)7/h10,19-20,22-25,27-31,37-38,40-43H,9,11-18H2,1-8H3/t19?,20?,22?,23-,24?,25+,27-,28-,29+,30-,31+,34+,35?,36+/m1/s1. The first-order chi connectivity index (χ1) is 20.7. The highest BCUT2D eigenvalue weighted by molar-refractivity contribution is 5.88. The first-order valence-electron chi connectivity index (χ1n) is 17.3. The lowest BCUT2D eigenvalue weighted by atomic mass is 9.38. The van der Waals surface area contributed by atoms with Crippen molar-refractivity contribution in [3.05, 3.63) is 11.6 Å². The fourth-order valence-corrected chi connectivity index (χ4v) is 10.9. The number of carbonyl (C=O) groups is 1. The number of aliphatic hydroxyl groups excluding tert-OH is 5. The number of ether oxygens (including phenoxy) is 2. The Kier molecular flexibility index (Phi) is 9.36. The van der Waals surface area contributed by atoms with Crippen molar-refractivity contribution in [3.8, 4) is 0 Å². The molecule has 5 aliphatic rings. The zero-order valence-corrected chi connectivity index (χ0v) is 28.7. The van der Waals surface area contributed by atoms with Crippen LogP contribution in [0.2, 0.25) is 0 Å². The molecule has 0 aromatic heterocycles. The molecule has 0 radical (unpaired) electrons. The van der Waals surface area contributed by atoms with E-state index >= 15 is 0 Å². The molecule has 1 saturated heterocycles. The molecule has 45 heavy (non-hydrogen) atoms. The molecule has 14 atom stereocenters. The molecule has 0 spiro atoms. The van der Waals surface area contributed by atoms with Crippen molar-refractivity contribution >= 4 is 5.78 Å². The zero-order valence-electron chi connectivity index (χ0n) is 28.7. The fraction of sp³-hybridized carbons (Fsp3) is 0.917.